The number of amides is 1. The Balaban J connectivity index is 1.60. The number of carbonyl (C=O) groups is 1. The third kappa shape index (κ3) is 2.97. The summed E-state index contributed by atoms with van der Waals surface area (Å²) in [4.78, 5) is 16.2. The smallest absolute Gasteiger partial charge is 0.225 e. The van der Waals surface area contributed by atoms with Crippen LogP contribution in [0.4, 0.5) is 4.39 Å². The number of nitrogens with zero attached hydrogens (tertiary/aromatic N) is 3. The lowest BCUT2D eigenvalue weighted by Crippen LogP contribution is -2.51. The van der Waals surface area contributed by atoms with E-state index >= 15 is 0 Å². The molecule has 2 fully saturated rings. The Morgan fingerprint density at radius 1 is 1.18 bits per heavy atom. The maximum absolute atomic E-state index is 13.0. The minimum atomic E-state index is -0.374. The van der Waals surface area contributed by atoms with Gasteiger partial charge in [0.25, 0.3) is 0 Å². The Morgan fingerprint density at radius 2 is 1.82 bits per heavy atom. The van der Waals surface area contributed by atoms with Gasteiger partial charge in [0.15, 0.2) is 0 Å². The molecule has 4 nitrogen and oxygen atoms in total. The number of hydrogen-bond donors (Lipinski definition) is 0. The van der Waals surface area contributed by atoms with E-state index < -0.39 is 0 Å². The van der Waals surface area contributed by atoms with E-state index in [0.29, 0.717) is 26.2 Å². The Morgan fingerprint density at radius 3 is 2.32 bits per heavy atom. The molecule has 0 unspecified atom stereocenters. The van der Waals surface area contributed by atoms with Gasteiger partial charge in [-0.2, -0.15) is 5.26 Å². The van der Waals surface area contributed by atoms with Crippen molar-refractivity contribution >= 4 is 5.91 Å². The summed E-state index contributed by atoms with van der Waals surface area (Å²) in [5.41, 5.74) is 0.808. The first-order valence-corrected chi connectivity index (χ1v) is 7.87. The molecular weight excluding hydrogens is 281 g/mol. The molecule has 1 atom stereocenters. The second kappa shape index (κ2) is 6.45. The lowest BCUT2D eigenvalue weighted by atomic mass is 9.84. The second-order valence-electron chi connectivity index (χ2n) is 6.07. The van der Waals surface area contributed by atoms with Crippen LogP contribution >= 0.6 is 0 Å². The third-order valence-electron chi connectivity index (χ3n) is 4.75. The van der Waals surface area contributed by atoms with Gasteiger partial charge in [0.1, 0.15) is 11.9 Å². The number of halogens is 1. The maximum Gasteiger partial charge on any atom is 0.225 e. The average Bonchev–Trinajstić information content (AvgIpc) is 2.49. The highest BCUT2D eigenvalue weighted by Gasteiger charge is 2.32. The van der Waals surface area contributed by atoms with Gasteiger partial charge in [-0.05, 0) is 30.5 Å². The summed E-state index contributed by atoms with van der Waals surface area (Å²) in [6.07, 6.45) is 3.21. The van der Waals surface area contributed by atoms with Crippen molar-refractivity contribution < 1.29 is 9.18 Å². The van der Waals surface area contributed by atoms with Gasteiger partial charge in [-0.1, -0.05) is 18.6 Å². The highest BCUT2D eigenvalue weighted by Crippen LogP contribution is 2.29. The minimum absolute atomic E-state index is 0.232. The predicted molar refractivity (Wildman–Crippen MR) is 80.2 cm³/mol. The molecule has 1 saturated carbocycles. The zero-order valence-electron chi connectivity index (χ0n) is 12.5. The Kier molecular flexibility index (Phi) is 4.39. The molecule has 22 heavy (non-hydrogen) atoms. The van der Waals surface area contributed by atoms with Gasteiger partial charge in [-0.3, -0.25) is 9.69 Å². The van der Waals surface area contributed by atoms with E-state index in [9.17, 15) is 14.4 Å². The van der Waals surface area contributed by atoms with Crippen molar-refractivity contribution in [2.75, 3.05) is 26.2 Å². The van der Waals surface area contributed by atoms with Crippen LogP contribution in [0.3, 0.4) is 0 Å². The van der Waals surface area contributed by atoms with E-state index in [4.69, 9.17) is 0 Å². The van der Waals surface area contributed by atoms with Gasteiger partial charge in [-0.25, -0.2) is 4.39 Å². The zero-order valence-corrected chi connectivity index (χ0v) is 12.5. The van der Waals surface area contributed by atoms with Crippen LogP contribution < -0.4 is 0 Å². The van der Waals surface area contributed by atoms with Crippen LogP contribution in [-0.4, -0.2) is 41.9 Å². The molecule has 1 amide bonds. The van der Waals surface area contributed by atoms with Crippen molar-refractivity contribution in [2.24, 2.45) is 5.92 Å². The molecule has 1 aliphatic carbocycles. The number of carbonyl (C=O) groups excluding carboxylic acids is 1. The van der Waals surface area contributed by atoms with Crippen molar-refractivity contribution in [1.82, 2.24) is 9.80 Å². The summed E-state index contributed by atoms with van der Waals surface area (Å²) in [5, 5.41) is 9.45. The SMILES string of the molecule is N#C[C@@H](c1ccc(F)cc1)N1CCN(C(=O)C2CCC2)CC1. The standard InChI is InChI=1S/C17H20FN3O/c18-15-6-4-13(5-7-15)16(12-19)20-8-10-21(11-9-20)17(22)14-2-1-3-14/h4-7,14,16H,1-3,8-11H2/t16-/m0/s1. The third-order valence-corrected chi connectivity index (χ3v) is 4.75. The van der Waals surface area contributed by atoms with Gasteiger partial charge in [-0.15, -0.1) is 0 Å². The van der Waals surface area contributed by atoms with Gasteiger partial charge in [0.2, 0.25) is 5.91 Å². The van der Waals surface area contributed by atoms with Gasteiger partial charge >= 0.3 is 0 Å². The number of benzene rings is 1. The summed E-state index contributed by atoms with van der Waals surface area (Å²) in [7, 11) is 0. The molecule has 0 aromatic heterocycles. The fourth-order valence-corrected chi connectivity index (χ4v) is 3.13. The molecule has 1 aliphatic heterocycles. The summed E-state index contributed by atoms with van der Waals surface area (Å²) >= 11 is 0. The van der Waals surface area contributed by atoms with Crippen LogP contribution in [0.1, 0.15) is 30.9 Å². The van der Waals surface area contributed by atoms with Crippen LogP contribution in [0.15, 0.2) is 24.3 Å². The Bertz CT molecular complexity index is 569. The molecular formula is C17H20FN3O. The quantitative estimate of drug-likeness (QED) is 0.861. The Hall–Kier alpha value is -1.93. The monoisotopic (exact) mass is 301 g/mol. The fraction of sp³-hybridized carbons (Fsp3) is 0.529. The molecule has 1 aromatic carbocycles. The molecule has 2 aliphatic rings. The molecule has 0 bridgehead atoms. The molecule has 0 spiro atoms. The minimum Gasteiger partial charge on any atom is -0.340 e. The van der Waals surface area contributed by atoms with E-state index in [-0.39, 0.29) is 23.7 Å². The van der Waals surface area contributed by atoms with Crippen molar-refractivity contribution in [3.63, 3.8) is 0 Å². The second-order valence-corrected chi connectivity index (χ2v) is 6.07. The zero-order chi connectivity index (χ0) is 15.5. The molecule has 116 valence electrons. The maximum atomic E-state index is 13.0. The van der Waals surface area contributed by atoms with Crippen molar-refractivity contribution in [1.29, 1.82) is 5.26 Å². The summed E-state index contributed by atoms with van der Waals surface area (Å²) in [6.45, 7) is 2.73. The lowest BCUT2D eigenvalue weighted by molar-refractivity contribution is -0.140. The van der Waals surface area contributed by atoms with Gasteiger partial charge in [0, 0.05) is 32.1 Å². The van der Waals surface area contributed by atoms with Crippen molar-refractivity contribution in [3.05, 3.63) is 35.6 Å². The summed E-state index contributed by atoms with van der Waals surface area (Å²) < 4.78 is 13.0. The fourth-order valence-electron chi connectivity index (χ4n) is 3.13. The molecule has 1 saturated heterocycles. The van der Waals surface area contributed by atoms with Gasteiger partial charge < -0.3 is 4.90 Å². The number of rotatable bonds is 3. The van der Waals surface area contributed by atoms with Crippen LogP contribution in [0.25, 0.3) is 0 Å². The van der Waals surface area contributed by atoms with E-state index in [1.54, 1.807) is 12.1 Å². The van der Waals surface area contributed by atoms with Crippen LogP contribution in [-0.2, 0) is 4.79 Å². The van der Waals surface area contributed by atoms with E-state index in [2.05, 4.69) is 11.0 Å². The van der Waals surface area contributed by atoms with E-state index in [1.165, 1.54) is 12.1 Å². The number of hydrogen-bond acceptors (Lipinski definition) is 3. The van der Waals surface area contributed by atoms with Crippen LogP contribution in [0, 0.1) is 23.1 Å². The number of nitriles is 1. The lowest BCUT2D eigenvalue weighted by Gasteiger charge is -2.39. The van der Waals surface area contributed by atoms with E-state index in [1.807, 2.05) is 4.90 Å². The molecule has 5 heteroatoms. The first-order valence-electron chi connectivity index (χ1n) is 7.87. The summed E-state index contributed by atoms with van der Waals surface area (Å²) in [6, 6.07) is 8.02. The van der Waals surface area contributed by atoms with Crippen LogP contribution in [0.5, 0.6) is 0 Å². The van der Waals surface area contributed by atoms with Crippen molar-refractivity contribution in [3.8, 4) is 6.07 Å². The normalized spacial score (nSPS) is 21.0. The largest absolute Gasteiger partial charge is 0.340 e. The first-order chi connectivity index (χ1) is 10.7. The predicted octanol–water partition coefficient (Wildman–Crippen LogP) is 2.33. The first kappa shape index (κ1) is 15.0. The molecule has 1 heterocycles. The highest BCUT2D eigenvalue weighted by atomic mass is 19.1. The summed E-state index contributed by atoms with van der Waals surface area (Å²) in [5.74, 6) is 0.216. The number of piperazine rings is 1. The van der Waals surface area contributed by atoms with Gasteiger partial charge in [0.05, 0.1) is 6.07 Å². The Labute approximate surface area is 130 Å². The molecule has 3 rings (SSSR count). The highest BCUT2D eigenvalue weighted by molar-refractivity contribution is 5.79. The molecule has 0 N–H and O–H groups in total. The van der Waals surface area contributed by atoms with Crippen LogP contribution in [0.2, 0.25) is 0 Å². The van der Waals surface area contributed by atoms with Crippen molar-refractivity contribution in [2.45, 2.75) is 25.3 Å². The average molecular weight is 301 g/mol. The van der Waals surface area contributed by atoms with E-state index in [0.717, 1.165) is 24.8 Å². The molecule has 1 aromatic rings. The molecule has 0 radical (unpaired) electrons. The topological polar surface area (TPSA) is 47.3 Å².